The Balaban J connectivity index is 2.34. The van der Waals surface area contributed by atoms with E-state index in [4.69, 9.17) is 0 Å². The van der Waals surface area contributed by atoms with Gasteiger partial charge in [0.15, 0.2) is 0 Å². The Hall–Kier alpha value is -1.38. The summed E-state index contributed by atoms with van der Waals surface area (Å²) >= 11 is 0. The summed E-state index contributed by atoms with van der Waals surface area (Å²) in [5, 5.41) is 2.82. The predicted octanol–water partition coefficient (Wildman–Crippen LogP) is 2.53. The van der Waals surface area contributed by atoms with Gasteiger partial charge in [-0.25, -0.2) is 4.39 Å². The Morgan fingerprint density at radius 3 is 2.81 bits per heavy atom. The lowest BCUT2D eigenvalue weighted by atomic mass is 10.1. The van der Waals surface area contributed by atoms with Crippen molar-refractivity contribution >= 4 is 5.91 Å². The van der Waals surface area contributed by atoms with Crippen molar-refractivity contribution in [1.29, 1.82) is 0 Å². The van der Waals surface area contributed by atoms with Crippen molar-refractivity contribution in [3.63, 3.8) is 0 Å². The van der Waals surface area contributed by atoms with E-state index in [2.05, 4.69) is 19.2 Å². The highest BCUT2D eigenvalue weighted by atomic mass is 19.1. The van der Waals surface area contributed by atoms with E-state index in [1.54, 1.807) is 12.1 Å². The van der Waals surface area contributed by atoms with Crippen LogP contribution in [0, 0.1) is 11.7 Å². The van der Waals surface area contributed by atoms with E-state index in [1.165, 1.54) is 12.1 Å². The average Bonchev–Trinajstić information content (AvgIpc) is 2.16. The standard InChI is InChI=1S/C13H18FNO/c1-10(2)6-7-15-13(16)9-11-4-3-5-12(14)8-11/h3-5,8,10H,6-7,9H2,1-2H3,(H,15,16). The van der Waals surface area contributed by atoms with Gasteiger partial charge in [-0.1, -0.05) is 26.0 Å². The Labute approximate surface area is 95.9 Å². The molecule has 16 heavy (non-hydrogen) atoms. The average molecular weight is 223 g/mol. The van der Waals surface area contributed by atoms with Crippen LogP contribution in [-0.4, -0.2) is 12.5 Å². The van der Waals surface area contributed by atoms with Crippen LogP contribution in [0.15, 0.2) is 24.3 Å². The maximum absolute atomic E-state index is 12.8. The zero-order chi connectivity index (χ0) is 12.0. The van der Waals surface area contributed by atoms with Gasteiger partial charge in [0.1, 0.15) is 5.82 Å². The lowest BCUT2D eigenvalue weighted by Crippen LogP contribution is -2.26. The van der Waals surface area contributed by atoms with E-state index < -0.39 is 0 Å². The molecule has 1 N–H and O–H groups in total. The van der Waals surface area contributed by atoms with Crippen molar-refractivity contribution in [2.45, 2.75) is 26.7 Å². The molecule has 0 aliphatic carbocycles. The largest absolute Gasteiger partial charge is 0.356 e. The number of nitrogens with one attached hydrogen (secondary N) is 1. The molecule has 1 aromatic carbocycles. The first-order valence-corrected chi connectivity index (χ1v) is 5.59. The molecule has 0 aliphatic heterocycles. The minimum atomic E-state index is -0.299. The van der Waals surface area contributed by atoms with E-state index in [9.17, 15) is 9.18 Å². The van der Waals surface area contributed by atoms with Gasteiger partial charge in [-0.2, -0.15) is 0 Å². The van der Waals surface area contributed by atoms with Crippen LogP contribution in [0.1, 0.15) is 25.8 Å². The molecule has 1 aromatic rings. The topological polar surface area (TPSA) is 29.1 Å². The molecule has 0 saturated carbocycles. The van der Waals surface area contributed by atoms with E-state index >= 15 is 0 Å². The first kappa shape index (κ1) is 12.7. The number of rotatable bonds is 5. The number of hydrogen-bond acceptors (Lipinski definition) is 1. The second-order valence-corrected chi connectivity index (χ2v) is 4.34. The zero-order valence-electron chi connectivity index (χ0n) is 9.79. The Kier molecular flexibility index (Phi) is 4.96. The normalized spacial score (nSPS) is 10.5. The SMILES string of the molecule is CC(C)CCNC(=O)Cc1cccc(F)c1. The van der Waals surface area contributed by atoms with E-state index in [1.807, 2.05) is 0 Å². The fourth-order valence-electron chi connectivity index (χ4n) is 1.40. The van der Waals surface area contributed by atoms with Gasteiger partial charge in [-0.05, 0) is 30.0 Å². The number of benzene rings is 1. The van der Waals surface area contributed by atoms with Crippen LogP contribution in [0.3, 0.4) is 0 Å². The van der Waals surface area contributed by atoms with Gasteiger partial charge in [0, 0.05) is 6.54 Å². The number of carbonyl (C=O) groups excluding carboxylic acids is 1. The van der Waals surface area contributed by atoms with Gasteiger partial charge in [0.25, 0.3) is 0 Å². The molecule has 88 valence electrons. The minimum absolute atomic E-state index is 0.0498. The first-order chi connectivity index (χ1) is 7.58. The van der Waals surface area contributed by atoms with Crippen molar-refractivity contribution in [3.8, 4) is 0 Å². The van der Waals surface area contributed by atoms with Crippen LogP contribution in [0.25, 0.3) is 0 Å². The quantitative estimate of drug-likeness (QED) is 0.816. The molecule has 0 spiro atoms. The molecule has 3 heteroatoms. The Bertz CT molecular complexity index is 350. The molecule has 0 fully saturated rings. The fraction of sp³-hybridized carbons (Fsp3) is 0.462. The molecule has 0 aliphatic rings. The molecule has 2 nitrogen and oxygen atoms in total. The highest BCUT2D eigenvalue weighted by Crippen LogP contribution is 2.04. The molecular formula is C13H18FNO. The number of halogens is 1. The second-order valence-electron chi connectivity index (χ2n) is 4.34. The maximum atomic E-state index is 12.8. The molecule has 1 amide bonds. The third-order valence-corrected chi connectivity index (χ3v) is 2.30. The summed E-state index contributed by atoms with van der Waals surface area (Å²) in [4.78, 5) is 11.5. The number of carbonyl (C=O) groups is 1. The lowest BCUT2D eigenvalue weighted by Gasteiger charge is -2.07. The summed E-state index contributed by atoms with van der Waals surface area (Å²) in [6.45, 7) is 4.91. The number of hydrogen-bond donors (Lipinski definition) is 1. The van der Waals surface area contributed by atoms with Crippen molar-refractivity contribution in [2.75, 3.05) is 6.54 Å². The molecule has 0 radical (unpaired) electrons. The van der Waals surface area contributed by atoms with Gasteiger partial charge in [-0.3, -0.25) is 4.79 Å². The van der Waals surface area contributed by atoms with Crippen LogP contribution in [0.4, 0.5) is 4.39 Å². The third-order valence-electron chi connectivity index (χ3n) is 2.30. The maximum Gasteiger partial charge on any atom is 0.224 e. The summed E-state index contributed by atoms with van der Waals surface area (Å²) in [7, 11) is 0. The van der Waals surface area contributed by atoms with Crippen LogP contribution < -0.4 is 5.32 Å². The molecule has 0 unspecified atom stereocenters. The first-order valence-electron chi connectivity index (χ1n) is 5.59. The van der Waals surface area contributed by atoms with E-state index in [0.717, 1.165) is 6.42 Å². The molecule has 1 rings (SSSR count). The highest BCUT2D eigenvalue weighted by molar-refractivity contribution is 5.78. The van der Waals surface area contributed by atoms with Crippen LogP contribution >= 0.6 is 0 Å². The van der Waals surface area contributed by atoms with Crippen LogP contribution in [0.5, 0.6) is 0 Å². The van der Waals surface area contributed by atoms with E-state index in [-0.39, 0.29) is 18.1 Å². The van der Waals surface area contributed by atoms with Crippen molar-refractivity contribution < 1.29 is 9.18 Å². The van der Waals surface area contributed by atoms with Crippen LogP contribution in [0.2, 0.25) is 0 Å². The smallest absolute Gasteiger partial charge is 0.224 e. The zero-order valence-corrected chi connectivity index (χ0v) is 9.79. The summed E-state index contributed by atoms with van der Waals surface area (Å²) in [6.07, 6.45) is 1.21. The van der Waals surface area contributed by atoms with Gasteiger partial charge in [-0.15, -0.1) is 0 Å². The Morgan fingerprint density at radius 2 is 2.19 bits per heavy atom. The Morgan fingerprint density at radius 1 is 1.44 bits per heavy atom. The molecule has 0 bridgehead atoms. The molecule has 0 heterocycles. The summed E-state index contributed by atoms with van der Waals surface area (Å²) in [5.74, 6) is 0.230. The van der Waals surface area contributed by atoms with Gasteiger partial charge in [0.05, 0.1) is 6.42 Å². The third kappa shape index (κ3) is 4.91. The van der Waals surface area contributed by atoms with Crippen molar-refractivity contribution in [2.24, 2.45) is 5.92 Å². The van der Waals surface area contributed by atoms with Crippen molar-refractivity contribution in [3.05, 3.63) is 35.6 Å². The molecule has 0 aromatic heterocycles. The highest BCUT2D eigenvalue weighted by Gasteiger charge is 2.03. The van der Waals surface area contributed by atoms with Gasteiger partial charge >= 0.3 is 0 Å². The van der Waals surface area contributed by atoms with Crippen LogP contribution in [-0.2, 0) is 11.2 Å². The molecule has 0 atom stereocenters. The van der Waals surface area contributed by atoms with Gasteiger partial charge in [0.2, 0.25) is 5.91 Å². The predicted molar refractivity (Wildman–Crippen MR) is 62.6 cm³/mol. The summed E-state index contributed by atoms with van der Waals surface area (Å²) < 4.78 is 12.8. The minimum Gasteiger partial charge on any atom is -0.356 e. The number of amides is 1. The molecular weight excluding hydrogens is 205 g/mol. The lowest BCUT2D eigenvalue weighted by molar-refractivity contribution is -0.120. The monoisotopic (exact) mass is 223 g/mol. The van der Waals surface area contributed by atoms with Crippen molar-refractivity contribution in [1.82, 2.24) is 5.32 Å². The second kappa shape index (κ2) is 6.26. The molecule has 0 saturated heterocycles. The summed E-state index contributed by atoms with van der Waals surface area (Å²) in [5.41, 5.74) is 0.710. The summed E-state index contributed by atoms with van der Waals surface area (Å²) in [6, 6.07) is 6.14. The fourth-order valence-corrected chi connectivity index (χ4v) is 1.40. The van der Waals surface area contributed by atoms with Gasteiger partial charge < -0.3 is 5.32 Å². The van der Waals surface area contributed by atoms with E-state index in [0.29, 0.717) is 18.0 Å².